The van der Waals surface area contributed by atoms with Crippen molar-refractivity contribution in [3.05, 3.63) is 52.5 Å². The van der Waals surface area contributed by atoms with Gasteiger partial charge in [-0.3, -0.25) is 9.69 Å². The molecular weight excluding hydrogens is 505 g/mol. The van der Waals surface area contributed by atoms with E-state index >= 15 is 0 Å². The Morgan fingerprint density at radius 3 is 2.79 bits per heavy atom. The highest BCUT2D eigenvalue weighted by molar-refractivity contribution is 9.10. The van der Waals surface area contributed by atoms with Crippen molar-refractivity contribution in [2.45, 2.75) is 45.3 Å². The Balaban J connectivity index is 1.80. The molecule has 0 aliphatic carbocycles. The van der Waals surface area contributed by atoms with Gasteiger partial charge in [0.15, 0.2) is 0 Å². The van der Waals surface area contributed by atoms with E-state index in [-0.39, 0.29) is 11.6 Å². The molecule has 10 heteroatoms. The fraction of sp³-hybridized carbons (Fsp3) is 0.375. The zero-order valence-electron chi connectivity index (χ0n) is 19.2. The van der Waals surface area contributed by atoms with Gasteiger partial charge in [0.05, 0.1) is 27.3 Å². The maximum Gasteiger partial charge on any atom is 0.415 e. The molecule has 3 aromatic rings. The Kier molecular flexibility index (Phi) is 6.90. The number of carbonyl (C=O) groups is 2. The quantitative estimate of drug-likeness (QED) is 0.429. The van der Waals surface area contributed by atoms with Gasteiger partial charge >= 0.3 is 6.09 Å². The minimum absolute atomic E-state index is 0.160. The second kappa shape index (κ2) is 9.71. The minimum Gasteiger partial charge on any atom is -0.443 e. The average molecular weight is 532 g/mol. The Bertz CT molecular complexity index is 1220. The van der Waals surface area contributed by atoms with Crippen LogP contribution in [0.4, 0.5) is 20.6 Å². The third-order valence-electron chi connectivity index (χ3n) is 5.43. The molecule has 0 unspecified atom stereocenters. The average Bonchev–Trinajstić information content (AvgIpc) is 3.17. The number of amides is 2. The molecule has 0 saturated carbocycles. The molecular formula is C24H27BrFN5O3. The first kappa shape index (κ1) is 24.2. The summed E-state index contributed by atoms with van der Waals surface area (Å²) in [5, 5.41) is 6.72. The van der Waals surface area contributed by atoms with Crippen LogP contribution in [0.5, 0.6) is 0 Å². The number of nitrogens with zero attached hydrogens (tertiary/aromatic N) is 2. The van der Waals surface area contributed by atoms with E-state index in [2.05, 4.69) is 36.5 Å². The summed E-state index contributed by atoms with van der Waals surface area (Å²) in [5.74, 6) is -0.980. The second-order valence-electron chi connectivity index (χ2n) is 9.20. The number of fused-ring (bicyclic) bond motifs is 1. The Morgan fingerprint density at radius 1 is 1.32 bits per heavy atom. The van der Waals surface area contributed by atoms with Gasteiger partial charge in [0, 0.05) is 24.5 Å². The summed E-state index contributed by atoms with van der Waals surface area (Å²) < 4.78 is 20.0. The molecule has 1 fully saturated rings. The first-order valence-electron chi connectivity index (χ1n) is 11.1. The van der Waals surface area contributed by atoms with Crippen LogP contribution in [-0.2, 0) is 4.74 Å². The molecule has 34 heavy (non-hydrogen) atoms. The van der Waals surface area contributed by atoms with E-state index < -0.39 is 23.4 Å². The third-order valence-corrected chi connectivity index (χ3v) is 6.01. The third kappa shape index (κ3) is 5.23. The van der Waals surface area contributed by atoms with Crippen LogP contribution in [0.25, 0.3) is 11.0 Å². The molecule has 1 atom stereocenters. The number of rotatable bonds is 4. The zero-order chi connectivity index (χ0) is 24.5. The first-order valence-corrected chi connectivity index (χ1v) is 11.9. The summed E-state index contributed by atoms with van der Waals surface area (Å²) in [7, 11) is 0. The number of pyridine rings is 1. The molecule has 0 spiro atoms. The van der Waals surface area contributed by atoms with Crippen molar-refractivity contribution in [3.8, 4) is 0 Å². The molecule has 1 aromatic carbocycles. The summed E-state index contributed by atoms with van der Waals surface area (Å²) in [4.78, 5) is 35.4. The van der Waals surface area contributed by atoms with Crippen molar-refractivity contribution < 1.29 is 18.7 Å². The molecule has 8 nitrogen and oxygen atoms in total. The van der Waals surface area contributed by atoms with Gasteiger partial charge in [-0.05, 0) is 74.3 Å². The fourth-order valence-corrected chi connectivity index (χ4v) is 4.49. The van der Waals surface area contributed by atoms with Crippen LogP contribution in [0, 0.1) is 5.82 Å². The van der Waals surface area contributed by atoms with Crippen LogP contribution in [0.15, 0.2) is 41.1 Å². The van der Waals surface area contributed by atoms with Crippen LogP contribution in [-0.4, -0.2) is 46.7 Å². The predicted molar refractivity (Wildman–Crippen MR) is 133 cm³/mol. The molecule has 4 rings (SSSR count). The van der Waals surface area contributed by atoms with Crippen LogP contribution in [0.2, 0.25) is 0 Å². The lowest BCUT2D eigenvalue weighted by Gasteiger charge is -2.36. The van der Waals surface area contributed by atoms with Crippen LogP contribution in [0.1, 0.15) is 44.0 Å². The van der Waals surface area contributed by atoms with E-state index in [1.54, 1.807) is 17.3 Å². The van der Waals surface area contributed by atoms with Gasteiger partial charge in [-0.2, -0.15) is 0 Å². The lowest BCUT2D eigenvalue weighted by molar-refractivity contribution is 0.0560. The van der Waals surface area contributed by atoms with Crippen LogP contribution >= 0.6 is 15.9 Å². The van der Waals surface area contributed by atoms with E-state index in [1.807, 2.05) is 20.8 Å². The highest BCUT2D eigenvalue weighted by Gasteiger charge is 2.34. The van der Waals surface area contributed by atoms with Crippen molar-refractivity contribution in [2.75, 3.05) is 23.3 Å². The standard InChI is InChI=1S/C24H27BrFN5O3/c1-24(2,3)34-23(33)31(16-8-5-9-27-11-16)20-17(25)12-28-21-19(20)18(13-29-21)30-22(32)14-6-4-7-15(26)10-14/h4,6-7,10,12-13,16,27H,5,8-9,11H2,1-3H3,(H,28,29)(H,30,32)/t16-/m1/s1. The number of piperidine rings is 1. The van der Waals surface area contributed by atoms with E-state index in [0.29, 0.717) is 33.4 Å². The van der Waals surface area contributed by atoms with E-state index in [4.69, 9.17) is 4.74 Å². The highest BCUT2D eigenvalue weighted by Crippen LogP contribution is 2.40. The van der Waals surface area contributed by atoms with Crippen molar-refractivity contribution in [1.82, 2.24) is 15.3 Å². The van der Waals surface area contributed by atoms with Crippen molar-refractivity contribution in [2.24, 2.45) is 0 Å². The topological polar surface area (TPSA) is 99.3 Å². The number of aromatic amines is 1. The number of halogens is 2. The number of hydrogen-bond donors (Lipinski definition) is 3. The first-order chi connectivity index (χ1) is 16.1. The van der Waals surface area contributed by atoms with Gasteiger partial charge in [-0.25, -0.2) is 14.2 Å². The van der Waals surface area contributed by atoms with Gasteiger partial charge in [0.25, 0.3) is 5.91 Å². The van der Waals surface area contributed by atoms with Crippen LogP contribution < -0.4 is 15.5 Å². The molecule has 180 valence electrons. The number of hydrogen-bond acceptors (Lipinski definition) is 5. The Labute approximate surface area is 205 Å². The predicted octanol–water partition coefficient (Wildman–Crippen LogP) is 5.21. The molecule has 1 aliphatic rings. The lowest BCUT2D eigenvalue weighted by Crippen LogP contribution is -2.50. The number of nitrogens with one attached hydrogen (secondary N) is 3. The Morgan fingerprint density at radius 2 is 2.12 bits per heavy atom. The normalized spacial score (nSPS) is 16.3. The SMILES string of the molecule is CC(C)(C)OC(=O)N(c1c(Br)cnc2[nH]cc(NC(=O)c3cccc(F)c3)c12)[C@@H]1CCCNC1. The van der Waals surface area contributed by atoms with Gasteiger partial charge in [-0.1, -0.05) is 6.07 Å². The summed E-state index contributed by atoms with van der Waals surface area (Å²) in [6.45, 7) is 6.94. The van der Waals surface area contributed by atoms with Gasteiger partial charge in [-0.15, -0.1) is 0 Å². The number of H-pyrrole nitrogens is 1. The number of anilines is 2. The number of benzene rings is 1. The summed E-state index contributed by atoms with van der Waals surface area (Å²) in [6, 6.07) is 5.29. The maximum atomic E-state index is 13.6. The molecule has 2 aromatic heterocycles. The summed E-state index contributed by atoms with van der Waals surface area (Å²) in [6.07, 6.45) is 4.43. The number of carbonyl (C=O) groups excluding carboxylic acids is 2. The van der Waals surface area contributed by atoms with Crippen molar-refractivity contribution in [3.63, 3.8) is 0 Å². The second-order valence-corrected chi connectivity index (χ2v) is 10.1. The molecule has 0 radical (unpaired) electrons. The monoisotopic (exact) mass is 531 g/mol. The molecule has 3 N–H and O–H groups in total. The number of aromatic nitrogens is 2. The number of ether oxygens (including phenoxy) is 1. The van der Waals surface area contributed by atoms with Crippen LogP contribution in [0.3, 0.4) is 0 Å². The lowest BCUT2D eigenvalue weighted by atomic mass is 10.0. The largest absolute Gasteiger partial charge is 0.443 e. The fourth-order valence-electron chi connectivity index (χ4n) is 4.00. The van der Waals surface area contributed by atoms with E-state index in [1.165, 1.54) is 24.3 Å². The van der Waals surface area contributed by atoms with E-state index in [0.717, 1.165) is 19.4 Å². The van der Waals surface area contributed by atoms with Crippen molar-refractivity contribution >= 4 is 50.3 Å². The van der Waals surface area contributed by atoms with Crippen molar-refractivity contribution in [1.29, 1.82) is 0 Å². The van der Waals surface area contributed by atoms with E-state index in [9.17, 15) is 14.0 Å². The highest BCUT2D eigenvalue weighted by atomic mass is 79.9. The molecule has 1 aliphatic heterocycles. The molecule has 0 bridgehead atoms. The van der Waals surface area contributed by atoms with Gasteiger partial charge in [0.1, 0.15) is 17.1 Å². The van der Waals surface area contributed by atoms with Gasteiger partial charge < -0.3 is 20.4 Å². The summed E-state index contributed by atoms with van der Waals surface area (Å²) >= 11 is 3.56. The smallest absolute Gasteiger partial charge is 0.415 e. The zero-order valence-corrected chi connectivity index (χ0v) is 20.8. The molecule has 1 saturated heterocycles. The minimum atomic E-state index is -0.692. The molecule has 2 amide bonds. The maximum absolute atomic E-state index is 13.6. The Hall–Kier alpha value is -2.98. The van der Waals surface area contributed by atoms with Gasteiger partial charge in [0.2, 0.25) is 0 Å². The molecule has 3 heterocycles. The summed E-state index contributed by atoms with van der Waals surface area (Å²) in [5.41, 5.74) is 0.946.